The van der Waals surface area contributed by atoms with Gasteiger partial charge in [-0.3, -0.25) is 4.79 Å². The second kappa shape index (κ2) is 8.80. The van der Waals surface area contributed by atoms with Crippen LogP contribution in [-0.2, 0) is 6.42 Å². The number of ether oxygens (including phenoxy) is 1. The van der Waals surface area contributed by atoms with Crippen molar-refractivity contribution in [1.29, 1.82) is 5.26 Å². The normalized spacial score (nSPS) is 9.90. The van der Waals surface area contributed by atoms with Gasteiger partial charge in [-0.1, -0.05) is 6.08 Å². The number of hydrogen-bond acceptors (Lipinski definition) is 4. The van der Waals surface area contributed by atoms with E-state index in [4.69, 9.17) is 10.00 Å². The molecule has 0 bridgehead atoms. The molecule has 0 aliphatic rings. The second-order valence-corrected chi connectivity index (χ2v) is 4.84. The molecule has 0 aromatic heterocycles. The minimum Gasteiger partial charge on any atom is -0.507 e. The van der Waals surface area contributed by atoms with Gasteiger partial charge >= 0.3 is 0 Å². The number of unbranched alkanes of at least 4 members (excludes halogenated alkanes) is 3. The van der Waals surface area contributed by atoms with Crippen LogP contribution in [0.25, 0.3) is 0 Å². The number of carbonyl (C=O) groups is 1. The van der Waals surface area contributed by atoms with E-state index in [9.17, 15) is 9.90 Å². The molecular weight excluding hydrogens is 266 g/mol. The van der Waals surface area contributed by atoms with Crippen molar-refractivity contribution < 1.29 is 14.6 Å². The van der Waals surface area contributed by atoms with Crippen LogP contribution in [0.3, 0.4) is 0 Å². The Bertz CT molecular complexity index is 544. The second-order valence-electron chi connectivity index (χ2n) is 4.84. The lowest BCUT2D eigenvalue weighted by Crippen LogP contribution is -2.02. The van der Waals surface area contributed by atoms with Crippen molar-refractivity contribution in [2.45, 2.75) is 39.0 Å². The number of hydrogen-bond donors (Lipinski definition) is 1. The Morgan fingerprint density at radius 3 is 2.81 bits per heavy atom. The lowest BCUT2D eigenvalue weighted by atomic mass is 10.0. The number of ketones is 1. The molecule has 0 radical (unpaired) electrons. The summed E-state index contributed by atoms with van der Waals surface area (Å²) in [6.07, 6.45) is 5.52. The van der Waals surface area contributed by atoms with Gasteiger partial charge in [0.25, 0.3) is 0 Å². The first-order valence-electron chi connectivity index (χ1n) is 7.07. The predicted octanol–water partition coefficient (Wildman–Crippen LogP) is 3.79. The quantitative estimate of drug-likeness (QED) is 0.426. The molecule has 4 nitrogen and oxygen atoms in total. The molecule has 0 aliphatic heterocycles. The molecular formula is C17H21NO3. The molecule has 21 heavy (non-hydrogen) atoms. The molecule has 0 spiro atoms. The number of Topliss-reactive ketones (excluding diaryl/α,β-unsaturated/α-hetero) is 1. The maximum Gasteiger partial charge on any atom is 0.163 e. The van der Waals surface area contributed by atoms with E-state index < -0.39 is 0 Å². The highest BCUT2D eigenvalue weighted by Gasteiger charge is 2.12. The molecule has 112 valence electrons. The predicted molar refractivity (Wildman–Crippen MR) is 81.6 cm³/mol. The monoisotopic (exact) mass is 287 g/mol. The molecule has 1 rings (SSSR count). The van der Waals surface area contributed by atoms with Crippen molar-refractivity contribution in [3.8, 4) is 17.6 Å². The molecule has 1 aromatic carbocycles. The number of benzene rings is 1. The number of allylic oxidation sites excluding steroid dienone is 1. The molecule has 1 N–H and O–H groups in total. The zero-order chi connectivity index (χ0) is 15.7. The average molecular weight is 287 g/mol. The Morgan fingerprint density at radius 1 is 1.43 bits per heavy atom. The molecule has 0 heterocycles. The molecule has 0 aliphatic carbocycles. The number of phenolic OH excluding ortho intramolecular Hbond substituents is 1. The molecule has 1 aromatic rings. The summed E-state index contributed by atoms with van der Waals surface area (Å²) in [7, 11) is 0. The molecule has 0 unspecified atom stereocenters. The summed E-state index contributed by atoms with van der Waals surface area (Å²) in [5, 5.41) is 18.3. The van der Waals surface area contributed by atoms with Crippen LogP contribution >= 0.6 is 0 Å². The average Bonchev–Trinajstić information content (AvgIpc) is 2.44. The van der Waals surface area contributed by atoms with E-state index in [1.807, 2.05) is 0 Å². The SMILES string of the molecule is C=CCc1cc(C(C)=O)c(O)cc1OCCCCCC#N. The van der Waals surface area contributed by atoms with Gasteiger partial charge in [0.15, 0.2) is 5.78 Å². The van der Waals surface area contributed by atoms with Crippen LogP contribution in [0.4, 0.5) is 0 Å². The van der Waals surface area contributed by atoms with Gasteiger partial charge in [0.1, 0.15) is 11.5 Å². The topological polar surface area (TPSA) is 70.3 Å². The van der Waals surface area contributed by atoms with Crippen LogP contribution in [0.5, 0.6) is 11.5 Å². The van der Waals surface area contributed by atoms with Gasteiger partial charge in [-0.05, 0) is 44.2 Å². The van der Waals surface area contributed by atoms with E-state index in [0.717, 1.165) is 24.8 Å². The Labute approximate surface area is 125 Å². The first-order valence-corrected chi connectivity index (χ1v) is 7.07. The maximum atomic E-state index is 11.4. The molecule has 0 saturated heterocycles. The zero-order valence-electron chi connectivity index (χ0n) is 12.4. The molecule has 0 fully saturated rings. The van der Waals surface area contributed by atoms with E-state index in [1.54, 1.807) is 12.1 Å². The Kier molecular flexibility index (Phi) is 7.03. The summed E-state index contributed by atoms with van der Waals surface area (Å²) in [6, 6.07) is 5.26. The third-order valence-electron chi connectivity index (χ3n) is 3.11. The van der Waals surface area contributed by atoms with E-state index in [0.29, 0.717) is 30.8 Å². The standard InChI is InChI=1S/C17H21NO3/c1-3-8-14-11-15(13(2)19)16(20)12-17(14)21-10-7-5-4-6-9-18/h3,11-12,20H,1,4-8,10H2,2H3. The summed E-state index contributed by atoms with van der Waals surface area (Å²) >= 11 is 0. The van der Waals surface area contributed by atoms with Gasteiger partial charge in [-0.25, -0.2) is 0 Å². The number of carbonyl (C=O) groups excluding carboxylic acids is 1. The highest BCUT2D eigenvalue weighted by molar-refractivity contribution is 5.97. The fourth-order valence-corrected chi connectivity index (χ4v) is 2.01. The van der Waals surface area contributed by atoms with Gasteiger partial charge in [0.05, 0.1) is 18.2 Å². The third kappa shape index (κ3) is 5.31. The number of aromatic hydroxyl groups is 1. The van der Waals surface area contributed by atoms with Crippen LogP contribution in [0, 0.1) is 11.3 Å². The van der Waals surface area contributed by atoms with E-state index >= 15 is 0 Å². The van der Waals surface area contributed by atoms with Gasteiger partial charge in [0, 0.05) is 12.5 Å². The summed E-state index contributed by atoms with van der Waals surface area (Å²) in [5.74, 6) is 0.341. The van der Waals surface area contributed by atoms with Gasteiger partial charge in [-0.2, -0.15) is 5.26 Å². The molecule has 0 saturated carbocycles. The minimum absolute atomic E-state index is 0.0604. The van der Waals surface area contributed by atoms with Gasteiger partial charge in [-0.15, -0.1) is 6.58 Å². The number of rotatable bonds is 9. The lowest BCUT2D eigenvalue weighted by molar-refractivity contribution is 0.101. The fraction of sp³-hybridized carbons (Fsp3) is 0.412. The number of nitrogens with zero attached hydrogens (tertiary/aromatic N) is 1. The van der Waals surface area contributed by atoms with Gasteiger partial charge in [0.2, 0.25) is 0 Å². The lowest BCUT2D eigenvalue weighted by Gasteiger charge is -2.13. The number of phenols is 1. The Balaban J connectivity index is 2.72. The van der Waals surface area contributed by atoms with Crippen LogP contribution in [0.1, 0.15) is 48.5 Å². The molecule has 4 heteroatoms. The highest BCUT2D eigenvalue weighted by Crippen LogP contribution is 2.29. The fourth-order valence-electron chi connectivity index (χ4n) is 2.01. The Hall–Kier alpha value is -2.28. The largest absolute Gasteiger partial charge is 0.507 e. The van der Waals surface area contributed by atoms with E-state index in [-0.39, 0.29) is 11.5 Å². The molecule has 0 amide bonds. The van der Waals surface area contributed by atoms with Crippen LogP contribution < -0.4 is 4.74 Å². The summed E-state index contributed by atoms with van der Waals surface area (Å²) in [4.78, 5) is 11.4. The van der Waals surface area contributed by atoms with Crippen LogP contribution in [0.15, 0.2) is 24.8 Å². The molecule has 0 atom stereocenters. The first kappa shape index (κ1) is 16.8. The van der Waals surface area contributed by atoms with Crippen molar-refractivity contribution in [3.05, 3.63) is 35.9 Å². The van der Waals surface area contributed by atoms with Crippen molar-refractivity contribution in [2.24, 2.45) is 0 Å². The summed E-state index contributed by atoms with van der Waals surface area (Å²) in [6.45, 7) is 5.63. The third-order valence-corrected chi connectivity index (χ3v) is 3.11. The number of nitriles is 1. The van der Waals surface area contributed by atoms with Crippen molar-refractivity contribution in [3.63, 3.8) is 0 Å². The van der Waals surface area contributed by atoms with Crippen LogP contribution in [-0.4, -0.2) is 17.5 Å². The van der Waals surface area contributed by atoms with Crippen molar-refractivity contribution in [2.75, 3.05) is 6.61 Å². The summed E-state index contributed by atoms with van der Waals surface area (Å²) < 4.78 is 5.68. The van der Waals surface area contributed by atoms with Crippen LogP contribution in [0.2, 0.25) is 0 Å². The highest BCUT2D eigenvalue weighted by atomic mass is 16.5. The smallest absolute Gasteiger partial charge is 0.163 e. The first-order chi connectivity index (χ1) is 10.1. The zero-order valence-corrected chi connectivity index (χ0v) is 12.4. The Morgan fingerprint density at radius 2 is 2.19 bits per heavy atom. The van der Waals surface area contributed by atoms with E-state index in [2.05, 4.69) is 12.6 Å². The van der Waals surface area contributed by atoms with Gasteiger partial charge < -0.3 is 9.84 Å². The van der Waals surface area contributed by atoms with E-state index in [1.165, 1.54) is 13.0 Å². The van der Waals surface area contributed by atoms with Crippen molar-refractivity contribution in [1.82, 2.24) is 0 Å². The minimum atomic E-state index is -0.180. The summed E-state index contributed by atoms with van der Waals surface area (Å²) in [5.41, 5.74) is 1.14. The van der Waals surface area contributed by atoms with Crippen molar-refractivity contribution >= 4 is 5.78 Å². The maximum absolute atomic E-state index is 11.4.